The molecule has 0 aromatic rings. The molecular formula is C12H21NO. The highest BCUT2D eigenvalue weighted by Crippen LogP contribution is 2.38. The lowest BCUT2D eigenvalue weighted by Gasteiger charge is -2.42. The van der Waals surface area contributed by atoms with Gasteiger partial charge in [0.1, 0.15) is 0 Å². The van der Waals surface area contributed by atoms with Crippen LogP contribution in [-0.2, 0) is 4.74 Å². The summed E-state index contributed by atoms with van der Waals surface area (Å²) in [5, 5.41) is 0. The highest BCUT2D eigenvalue weighted by molar-refractivity contribution is 4.97. The van der Waals surface area contributed by atoms with Crippen LogP contribution in [0.2, 0.25) is 0 Å². The average Bonchev–Trinajstić information content (AvgIpc) is 2.12. The minimum absolute atomic E-state index is 0.110. The third-order valence-corrected chi connectivity index (χ3v) is 3.15. The van der Waals surface area contributed by atoms with E-state index in [1.165, 1.54) is 19.3 Å². The summed E-state index contributed by atoms with van der Waals surface area (Å²) in [6.45, 7) is 1.87. The molecule has 1 aliphatic rings. The number of hydrogen-bond donors (Lipinski definition) is 1. The minimum atomic E-state index is 0.110. The van der Waals surface area contributed by atoms with Crippen LogP contribution in [0.1, 0.15) is 45.4 Å². The summed E-state index contributed by atoms with van der Waals surface area (Å²) >= 11 is 0. The van der Waals surface area contributed by atoms with Crippen LogP contribution in [0.5, 0.6) is 0 Å². The Morgan fingerprint density at radius 2 is 2.21 bits per heavy atom. The van der Waals surface area contributed by atoms with E-state index in [2.05, 4.69) is 11.8 Å². The molecule has 1 aliphatic carbocycles. The van der Waals surface area contributed by atoms with Gasteiger partial charge in [0, 0.05) is 19.6 Å². The minimum Gasteiger partial charge on any atom is -0.378 e. The molecular weight excluding hydrogens is 174 g/mol. The standard InChI is InChI=1S/C12H21NO/c1-3-4-5-7-11(13)10-12(14-2)8-6-9-12/h11H,5-10,13H2,1-2H3. The monoisotopic (exact) mass is 195 g/mol. The Morgan fingerprint density at radius 3 is 2.64 bits per heavy atom. The zero-order valence-electron chi connectivity index (χ0n) is 9.31. The van der Waals surface area contributed by atoms with Crippen molar-refractivity contribution in [3.8, 4) is 11.8 Å². The van der Waals surface area contributed by atoms with E-state index in [0.717, 1.165) is 19.3 Å². The van der Waals surface area contributed by atoms with Gasteiger partial charge in [0.15, 0.2) is 0 Å². The lowest BCUT2D eigenvalue weighted by atomic mass is 9.75. The van der Waals surface area contributed by atoms with Gasteiger partial charge in [-0.25, -0.2) is 0 Å². The van der Waals surface area contributed by atoms with E-state index in [9.17, 15) is 0 Å². The van der Waals surface area contributed by atoms with Gasteiger partial charge in [-0.2, -0.15) is 0 Å². The van der Waals surface area contributed by atoms with Gasteiger partial charge < -0.3 is 10.5 Å². The molecule has 1 fully saturated rings. The van der Waals surface area contributed by atoms with Crippen molar-refractivity contribution in [2.45, 2.75) is 57.1 Å². The van der Waals surface area contributed by atoms with E-state index < -0.39 is 0 Å². The van der Waals surface area contributed by atoms with Crippen molar-refractivity contribution in [2.24, 2.45) is 5.73 Å². The zero-order valence-corrected chi connectivity index (χ0v) is 9.31. The van der Waals surface area contributed by atoms with Crippen LogP contribution in [-0.4, -0.2) is 18.8 Å². The molecule has 80 valence electrons. The third-order valence-electron chi connectivity index (χ3n) is 3.15. The summed E-state index contributed by atoms with van der Waals surface area (Å²) < 4.78 is 5.53. The molecule has 0 aromatic heterocycles. The summed E-state index contributed by atoms with van der Waals surface area (Å²) in [5.41, 5.74) is 6.15. The second-order valence-electron chi connectivity index (χ2n) is 4.17. The molecule has 0 radical (unpaired) electrons. The molecule has 0 amide bonds. The third kappa shape index (κ3) is 3.01. The Labute approximate surface area is 87.2 Å². The lowest BCUT2D eigenvalue weighted by Crippen LogP contribution is -2.44. The fraction of sp³-hybridized carbons (Fsp3) is 0.833. The fourth-order valence-corrected chi connectivity index (χ4v) is 2.03. The van der Waals surface area contributed by atoms with E-state index in [4.69, 9.17) is 10.5 Å². The summed E-state index contributed by atoms with van der Waals surface area (Å²) in [5.74, 6) is 5.94. The second-order valence-corrected chi connectivity index (χ2v) is 4.17. The molecule has 0 aliphatic heterocycles. The molecule has 1 saturated carbocycles. The molecule has 2 nitrogen and oxygen atoms in total. The van der Waals surface area contributed by atoms with E-state index >= 15 is 0 Å². The molecule has 2 heteroatoms. The highest BCUT2D eigenvalue weighted by Gasteiger charge is 2.37. The van der Waals surface area contributed by atoms with Gasteiger partial charge in [0.25, 0.3) is 0 Å². The second kappa shape index (κ2) is 5.38. The predicted octanol–water partition coefficient (Wildman–Crippen LogP) is 2.08. The topological polar surface area (TPSA) is 35.2 Å². The number of nitrogens with two attached hydrogens (primary N) is 1. The normalized spacial score (nSPS) is 20.5. The molecule has 0 heterocycles. The van der Waals surface area contributed by atoms with Crippen LogP contribution in [0.4, 0.5) is 0 Å². The maximum atomic E-state index is 6.04. The molecule has 2 N–H and O–H groups in total. The molecule has 0 spiro atoms. The quantitative estimate of drug-likeness (QED) is 0.682. The number of rotatable bonds is 5. The van der Waals surface area contributed by atoms with Crippen LogP contribution < -0.4 is 5.73 Å². The van der Waals surface area contributed by atoms with Crippen LogP contribution in [0.15, 0.2) is 0 Å². The Hall–Kier alpha value is -0.520. The Morgan fingerprint density at radius 1 is 1.50 bits per heavy atom. The number of hydrogen-bond acceptors (Lipinski definition) is 2. The van der Waals surface area contributed by atoms with Crippen molar-refractivity contribution in [3.05, 3.63) is 0 Å². The van der Waals surface area contributed by atoms with Crippen molar-refractivity contribution in [2.75, 3.05) is 7.11 Å². The van der Waals surface area contributed by atoms with Crippen molar-refractivity contribution < 1.29 is 4.74 Å². The molecule has 14 heavy (non-hydrogen) atoms. The first kappa shape index (κ1) is 11.6. The van der Waals surface area contributed by atoms with Crippen LogP contribution in [0, 0.1) is 11.8 Å². The predicted molar refractivity (Wildman–Crippen MR) is 58.9 cm³/mol. The van der Waals surface area contributed by atoms with Crippen molar-refractivity contribution in [1.82, 2.24) is 0 Å². The molecule has 0 bridgehead atoms. The lowest BCUT2D eigenvalue weighted by molar-refractivity contribution is -0.0816. The summed E-state index contributed by atoms with van der Waals surface area (Å²) in [6.07, 6.45) is 6.54. The van der Waals surface area contributed by atoms with E-state index in [1.54, 1.807) is 7.11 Å². The Kier molecular flexibility index (Phi) is 4.44. The van der Waals surface area contributed by atoms with Gasteiger partial charge in [-0.15, -0.1) is 11.8 Å². The van der Waals surface area contributed by atoms with Gasteiger partial charge in [-0.05, 0) is 39.0 Å². The molecule has 0 aromatic carbocycles. The number of methoxy groups -OCH3 is 1. The smallest absolute Gasteiger partial charge is 0.0693 e. The van der Waals surface area contributed by atoms with Crippen molar-refractivity contribution in [3.63, 3.8) is 0 Å². The van der Waals surface area contributed by atoms with Gasteiger partial charge in [-0.1, -0.05) is 0 Å². The Balaban J connectivity index is 2.23. The van der Waals surface area contributed by atoms with Crippen LogP contribution >= 0.6 is 0 Å². The largest absolute Gasteiger partial charge is 0.378 e. The van der Waals surface area contributed by atoms with Gasteiger partial charge in [0.05, 0.1) is 5.60 Å². The van der Waals surface area contributed by atoms with E-state index in [0.29, 0.717) is 0 Å². The van der Waals surface area contributed by atoms with Crippen LogP contribution in [0.3, 0.4) is 0 Å². The van der Waals surface area contributed by atoms with E-state index in [-0.39, 0.29) is 11.6 Å². The zero-order chi connectivity index (χ0) is 10.4. The molecule has 0 saturated heterocycles. The maximum absolute atomic E-state index is 6.04. The first-order chi connectivity index (χ1) is 6.72. The first-order valence-electron chi connectivity index (χ1n) is 5.43. The molecule has 1 unspecified atom stereocenters. The van der Waals surface area contributed by atoms with Crippen molar-refractivity contribution >= 4 is 0 Å². The summed E-state index contributed by atoms with van der Waals surface area (Å²) in [4.78, 5) is 0. The fourth-order valence-electron chi connectivity index (χ4n) is 2.03. The molecule has 1 rings (SSSR count). The Bertz CT molecular complexity index is 217. The SMILES string of the molecule is CC#CCCC(N)CC1(OC)CCC1. The van der Waals surface area contributed by atoms with E-state index in [1.807, 2.05) is 6.92 Å². The van der Waals surface area contributed by atoms with Crippen LogP contribution in [0.25, 0.3) is 0 Å². The summed E-state index contributed by atoms with van der Waals surface area (Å²) in [6, 6.07) is 0.246. The highest BCUT2D eigenvalue weighted by atomic mass is 16.5. The average molecular weight is 195 g/mol. The first-order valence-corrected chi connectivity index (χ1v) is 5.43. The number of ether oxygens (including phenoxy) is 1. The van der Waals surface area contributed by atoms with Crippen molar-refractivity contribution in [1.29, 1.82) is 0 Å². The van der Waals surface area contributed by atoms with Gasteiger partial charge in [-0.3, -0.25) is 0 Å². The van der Waals surface area contributed by atoms with Gasteiger partial charge >= 0.3 is 0 Å². The summed E-state index contributed by atoms with van der Waals surface area (Å²) in [7, 11) is 1.80. The molecule has 1 atom stereocenters. The van der Waals surface area contributed by atoms with Gasteiger partial charge in [0.2, 0.25) is 0 Å². The maximum Gasteiger partial charge on any atom is 0.0693 e.